The summed E-state index contributed by atoms with van der Waals surface area (Å²) < 4.78 is 1.00. The lowest BCUT2D eigenvalue weighted by Crippen LogP contribution is -2.16. The van der Waals surface area contributed by atoms with Gasteiger partial charge in [0.25, 0.3) is 5.56 Å². The van der Waals surface area contributed by atoms with Crippen LogP contribution >= 0.6 is 15.9 Å². The molecule has 26 heavy (non-hydrogen) atoms. The number of nitrogens with zero attached hydrogens (tertiary/aromatic N) is 2. The maximum atomic E-state index is 11.2. The van der Waals surface area contributed by atoms with Gasteiger partial charge in [-0.1, -0.05) is 57.5 Å². The third-order valence-electron chi connectivity index (χ3n) is 4.33. The molecule has 0 amide bonds. The summed E-state index contributed by atoms with van der Waals surface area (Å²) in [6.07, 6.45) is 0.446. The monoisotopic (exact) mass is 411 g/mol. The van der Waals surface area contributed by atoms with Crippen LogP contribution in [-0.4, -0.2) is 21.1 Å². The molecule has 1 atom stereocenters. The summed E-state index contributed by atoms with van der Waals surface area (Å²) >= 11 is 3.47. The summed E-state index contributed by atoms with van der Waals surface area (Å²) in [4.78, 5) is 11.2. The van der Waals surface area contributed by atoms with E-state index < -0.39 is 0 Å². The van der Waals surface area contributed by atoms with Crippen LogP contribution in [0.4, 0.5) is 0 Å². The third kappa shape index (κ3) is 4.08. The van der Waals surface area contributed by atoms with Crippen LogP contribution in [0.3, 0.4) is 0 Å². The highest BCUT2D eigenvalue weighted by Gasteiger charge is 2.21. The summed E-state index contributed by atoms with van der Waals surface area (Å²) in [7, 11) is 0. The Morgan fingerprint density at radius 2 is 1.88 bits per heavy atom. The molecule has 3 rings (SSSR count). The van der Waals surface area contributed by atoms with E-state index in [9.17, 15) is 10.0 Å². The second kappa shape index (κ2) is 8.10. The van der Waals surface area contributed by atoms with Crippen molar-refractivity contribution in [2.75, 3.05) is 0 Å². The Hall–Kier alpha value is -2.73. The predicted molar refractivity (Wildman–Crippen MR) is 105 cm³/mol. The second-order valence-electron chi connectivity index (χ2n) is 6.02. The predicted octanol–water partition coefficient (Wildman–Crippen LogP) is 4.24. The first-order valence-electron chi connectivity index (χ1n) is 8.16. The van der Waals surface area contributed by atoms with Gasteiger partial charge in [0.1, 0.15) is 11.4 Å². The summed E-state index contributed by atoms with van der Waals surface area (Å²) in [6, 6.07) is 19.2. The van der Waals surface area contributed by atoms with Crippen molar-refractivity contribution < 1.29 is 5.21 Å². The Morgan fingerprint density at radius 1 is 1.15 bits per heavy atom. The quantitative estimate of drug-likeness (QED) is 0.374. The molecule has 0 aliphatic carbocycles. The molecule has 0 fully saturated rings. The van der Waals surface area contributed by atoms with Crippen molar-refractivity contribution in [2.24, 2.45) is 5.16 Å². The van der Waals surface area contributed by atoms with Crippen LogP contribution in [0.25, 0.3) is 0 Å². The van der Waals surface area contributed by atoms with E-state index in [1.807, 2.05) is 24.3 Å². The van der Waals surface area contributed by atoms with Crippen LogP contribution in [0.15, 0.2) is 75.1 Å². The molecule has 1 heterocycles. The van der Waals surface area contributed by atoms with E-state index in [1.165, 1.54) is 6.07 Å². The maximum absolute atomic E-state index is 11.2. The maximum Gasteiger partial charge on any atom is 0.264 e. The van der Waals surface area contributed by atoms with Gasteiger partial charge < -0.3 is 5.21 Å². The lowest BCUT2D eigenvalue weighted by molar-refractivity contribution is 0.317. The lowest BCUT2D eigenvalue weighted by Gasteiger charge is -2.20. The Kier molecular flexibility index (Phi) is 5.63. The number of nitrogens with one attached hydrogen (secondary N) is 1. The molecule has 1 aromatic heterocycles. The van der Waals surface area contributed by atoms with E-state index in [1.54, 1.807) is 6.07 Å². The van der Waals surface area contributed by atoms with Crippen LogP contribution < -0.4 is 5.56 Å². The third-order valence-corrected chi connectivity index (χ3v) is 4.86. The SMILES string of the molecule is Cc1ccccc1[C@@H](C/C(=N/O)c1ccc(=O)[nH]n1)c1ccc(Br)cc1. The van der Waals surface area contributed by atoms with E-state index in [-0.39, 0.29) is 11.5 Å². The number of halogens is 1. The van der Waals surface area contributed by atoms with Crippen molar-refractivity contribution >= 4 is 21.6 Å². The Balaban J connectivity index is 2.03. The number of benzene rings is 2. The standard InChI is InChI=1S/C20H18BrN3O2/c1-13-4-2-3-5-16(13)17(14-6-8-15(21)9-7-14)12-19(24-26)18-10-11-20(25)23-22-18/h2-11,17,26H,12H2,1H3,(H,23,25)/b24-19-/t17-/m0/s1. The van der Waals surface area contributed by atoms with Crippen LogP contribution in [0.2, 0.25) is 0 Å². The van der Waals surface area contributed by atoms with Crippen molar-refractivity contribution in [3.05, 3.63) is 97.9 Å². The van der Waals surface area contributed by atoms with Gasteiger partial charge in [-0.05, 0) is 41.8 Å². The van der Waals surface area contributed by atoms with Crippen molar-refractivity contribution in [1.82, 2.24) is 10.2 Å². The van der Waals surface area contributed by atoms with Crippen LogP contribution in [0.5, 0.6) is 0 Å². The fourth-order valence-electron chi connectivity index (χ4n) is 2.98. The molecule has 0 unspecified atom stereocenters. The molecule has 6 heteroatoms. The van der Waals surface area contributed by atoms with Gasteiger partial charge in [-0.3, -0.25) is 4.79 Å². The van der Waals surface area contributed by atoms with Gasteiger partial charge in [0.2, 0.25) is 0 Å². The van der Waals surface area contributed by atoms with Gasteiger partial charge in [-0.2, -0.15) is 5.10 Å². The molecule has 0 saturated heterocycles. The summed E-state index contributed by atoms with van der Waals surface area (Å²) in [5, 5.41) is 19.4. The van der Waals surface area contributed by atoms with E-state index in [0.717, 1.165) is 21.2 Å². The average molecular weight is 412 g/mol. The number of hydrogen-bond acceptors (Lipinski definition) is 4. The zero-order valence-electron chi connectivity index (χ0n) is 14.2. The number of aromatic nitrogens is 2. The highest BCUT2D eigenvalue weighted by atomic mass is 79.9. The van der Waals surface area contributed by atoms with E-state index >= 15 is 0 Å². The fourth-order valence-corrected chi connectivity index (χ4v) is 3.24. The molecule has 5 nitrogen and oxygen atoms in total. The van der Waals surface area contributed by atoms with Gasteiger partial charge in [-0.25, -0.2) is 5.10 Å². The molecule has 132 valence electrons. The van der Waals surface area contributed by atoms with Gasteiger partial charge >= 0.3 is 0 Å². The van der Waals surface area contributed by atoms with Gasteiger partial charge in [0, 0.05) is 22.9 Å². The first-order valence-corrected chi connectivity index (χ1v) is 8.96. The first kappa shape index (κ1) is 18.1. The number of oxime groups is 1. The average Bonchev–Trinajstić information content (AvgIpc) is 2.66. The van der Waals surface area contributed by atoms with Crippen LogP contribution in [-0.2, 0) is 0 Å². The molecule has 0 radical (unpaired) electrons. The number of H-pyrrole nitrogens is 1. The molecule has 0 aliphatic heterocycles. The Morgan fingerprint density at radius 3 is 2.50 bits per heavy atom. The minimum absolute atomic E-state index is 0.0103. The molecule has 2 N–H and O–H groups in total. The highest BCUT2D eigenvalue weighted by molar-refractivity contribution is 9.10. The molecule has 3 aromatic rings. The van der Waals surface area contributed by atoms with Crippen molar-refractivity contribution in [2.45, 2.75) is 19.3 Å². The lowest BCUT2D eigenvalue weighted by atomic mass is 9.84. The second-order valence-corrected chi connectivity index (χ2v) is 6.93. The van der Waals surface area contributed by atoms with Gasteiger partial charge in [0.15, 0.2) is 0 Å². The first-order chi connectivity index (χ1) is 12.6. The molecular formula is C20H18BrN3O2. The smallest absolute Gasteiger partial charge is 0.264 e. The van der Waals surface area contributed by atoms with E-state index in [2.05, 4.69) is 62.5 Å². The Bertz CT molecular complexity index is 960. The minimum Gasteiger partial charge on any atom is -0.411 e. The van der Waals surface area contributed by atoms with Crippen molar-refractivity contribution in [3.8, 4) is 0 Å². The van der Waals surface area contributed by atoms with Crippen molar-refractivity contribution in [3.63, 3.8) is 0 Å². The number of aromatic amines is 1. The van der Waals surface area contributed by atoms with Gasteiger partial charge in [0.05, 0.1) is 0 Å². The molecule has 0 spiro atoms. The molecule has 0 aliphatic rings. The number of rotatable bonds is 5. The zero-order chi connectivity index (χ0) is 18.5. The van der Waals surface area contributed by atoms with Crippen LogP contribution in [0, 0.1) is 6.92 Å². The summed E-state index contributed by atoms with van der Waals surface area (Å²) in [5.41, 5.74) is 3.98. The summed E-state index contributed by atoms with van der Waals surface area (Å²) in [5.74, 6) is -0.0103. The van der Waals surface area contributed by atoms with Crippen LogP contribution in [0.1, 0.15) is 34.7 Å². The topological polar surface area (TPSA) is 78.3 Å². The zero-order valence-corrected chi connectivity index (χ0v) is 15.8. The normalized spacial score (nSPS) is 12.8. The molecule has 0 saturated carbocycles. The Labute approximate surface area is 159 Å². The van der Waals surface area contributed by atoms with Crippen molar-refractivity contribution in [1.29, 1.82) is 0 Å². The molecular weight excluding hydrogens is 394 g/mol. The highest BCUT2D eigenvalue weighted by Crippen LogP contribution is 2.32. The van der Waals surface area contributed by atoms with E-state index in [0.29, 0.717) is 17.8 Å². The van der Waals surface area contributed by atoms with Gasteiger partial charge in [-0.15, -0.1) is 0 Å². The molecule has 0 bridgehead atoms. The van der Waals surface area contributed by atoms with E-state index in [4.69, 9.17) is 0 Å². The number of hydrogen-bond donors (Lipinski definition) is 2. The summed E-state index contributed by atoms with van der Waals surface area (Å²) in [6.45, 7) is 2.06. The largest absolute Gasteiger partial charge is 0.411 e. The fraction of sp³-hybridized carbons (Fsp3) is 0.150. The minimum atomic E-state index is -0.297. The molecule has 2 aromatic carbocycles. The number of aryl methyl sites for hydroxylation is 1.